The second-order valence-corrected chi connectivity index (χ2v) is 8.08. The number of nitrogens with zero attached hydrogens (tertiary/aromatic N) is 4. The molecule has 3 amide bonds. The van der Waals surface area contributed by atoms with Gasteiger partial charge in [0.25, 0.3) is 5.91 Å². The Balaban J connectivity index is 1.35. The number of carbonyl (C=O) groups excluding carboxylic acids is 2. The molecule has 0 N–H and O–H groups in total. The Morgan fingerprint density at radius 3 is 2.48 bits per heavy atom. The lowest BCUT2D eigenvalue weighted by Gasteiger charge is -2.40. The van der Waals surface area contributed by atoms with E-state index in [-0.39, 0.29) is 11.9 Å². The smallest absolute Gasteiger partial charge is 0.327 e. The van der Waals surface area contributed by atoms with E-state index in [0.29, 0.717) is 19.4 Å². The van der Waals surface area contributed by atoms with E-state index in [9.17, 15) is 9.59 Å². The van der Waals surface area contributed by atoms with Crippen LogP contribution >= 0.6 is 0 Å². The maximum absolute atomic E-state index is 13.2. The van der Waals surface area contributed by atoms with Crippen molar-refractivity contribution < 1.29 is 14.0 Å². The highest BCUT2D eigenvalue weighted by atomic mass is 16.3. The molecule has 0 aromatic carbocycles. The molecule has 29 heavy (non-hydrogen) atoms. The fourth-order valence-corrected chi connectivity index (χ4v) is 4.45. The number of likely N-dealkylation sites (tertiary alicyclic amines) is 1. The number of likely N-dealkylation sites (N-methyl/N-ethyl adjacent to an activating group) is 1. The summed E-state index contributed by atoms with van der Waals surface area (Å²) in [7, 11) is 1.77. The molecule has 0 bridgehead atoms. The van der Waals surface area contributed by atoms with Crippen LogP contribution in [0.25, 0.3) is 0 Å². The van der Waals surface area contributed by atoms with E-state index in [1.54, 1.807) is 24.3 Å². The molecule has 0 aliphatic carbocycles. The van der Waals surface area contributed by atoms with Gasteiger partial charge in [-0.05, 0) is 62.4 Å². The van der Waals surface area contributed by atoms with Crippen molar-refractivity contribution in [3.8, 4) is 0 Å². The van der Waals surface area contributed by atoms with Crippen molar-refractivity contribution in [1.82, 2.24) is 19.7 Å². The SMILES string of the molecule is Cc1ccc(CN2CCC3(CC2)C(=O)N(CCCc2ccncc2)C(=O)N3C)o1. The Bertz CT molecular complexity index is 871. The molecule has 4 heterocycles. The summed E-state index contributed by atoms with van der Waals surface area (Å²) in [6, 6.07) is 7.74. The van der Waals surface area contributed by atoms with Crippen molar-refractivity contribution in [3.63, 3.8) is 0 Å². The van der Waals surface area contributed by atoms with Gasteiger partial charge in [0, 0.05) is 39.1 Å². The minimum atomic E-state index is -0.691. The Morgan fingerprint density at radius 1 is 1.10 bits per heavy atom. The first-order valence-corrected chi connectivity index (χ1v) is 10.3. The first-order valence-electron chi connectivity index (χ1n) is 10.3. The molecule has 7 heteroatoms. The largest absolute Gasteiger partial charge is 0.465 e. The summed E-state index contributed by atoms with van der Waals surface area (Å²) < 4.78 is 5.68. The van der Waals surface area contributed by atoms with Crippen LogP contribution in [-0.2, 0) is 17.8 Å². The van der Waals surface area contributed by atoms with Gasteiger partial charge >= 0.3 is 6.03 Å². The summed E-state index contributed by atoms with van der Waals surface area (Å²) in [6.45, 7) is 4.69. The first-order chi connectivity index (χ1) is 14.0. The molecule has 2 fully saturated rings. The van der Waals surface area contributed by atoms with Crippen LogP contribution in [0.15, 0.2) is 41.1 Å². The van der Waals surface area contributed by atoms with Crippen LogP contribution < -0.4 is 0 Å². The Hall–Kier alpha value is -2.67. The van der Waals surface area contributed by atoms with Gasteiger partial charge in [0.1, 0.15) is 17.1 Å². The highest BCUT2D eigenvalue weighted by molar-refractivity contribution is 6.07. The highest BCUT2D eigenvalue weighted by Gasteiger charge is 2.56. The van der Waals surface area contributed by atoms with Crippen LogP contribution in [0.3, 0.4) is 0 Å². The van der Waals surface area contributed by atoms with Gasteiger partial charge in [-0.3, -0.25) is 19.6 Å². The second-order valence-electron chi connectivity index (χ2n) is 8.08. The van der Waals surface area contributed by atoms with Gasteiger partial charge in [-0.2, -0.15) is 0 Å². The third-order valence-corrected chi connectivity index (χ3v) is 6.26. The quantitative estimate of drug-likeness (QED) is 0.703. The van der Waals surface area contributed by atoms with Crippen LogP contribution in [-0.4, -0.2) is 63.8 Å². The van der Waals surface area contributed by atoms with Crippen LogP contribution in [0.2, 0.25) is 0 Å². The summed E-state index contributed by atoms with van der Waals surface area (Å²) in [5, 5.41) is 0. The molecule has 1 spiro atoms. The van der Waals surface area contributed by atoms with Crippen molar-refractivity contribution in [1.29, 1.82) is 0 Å². The molecule has 2 aromatic rings. The van der Waals surface area contributed by atoms with E-state index in [2.05, 4.69) is 9.88 Å². The molecule has 2 aliphatic heterocycles. The van der Waals surface area contributed by atoms with Gasteiger partial charge in [0.05, 0.1) is 6.54 Å². The molecule has 0 radical (unpaired) electrons. The Kier molecular flexibility index (Phi) is 5.41. The normalized spacial score (nSPS) is 19.5. The zero-order valence-electron chi connectivity index (χ0n) is 17.1. The number of imide groups is 1. The molecule has 0 saturated carbocycles. The number of rotatable bonds is 6. The molecule has 0 unspecified atom stereocenters. The molecule has 2 aliphatic rings. The monoisotopic (exact) mass is 396 g/mol. The minimum absolute atomic E-state index is 0.0341. The third kappa shape index (κ3) is 3.79. The lowest BCUT2D eigenvalue weighted by molar-refractivity contribution is -0.135. The third-order valence-electron chi connectivity index (χ3n) is 6.26. The predicted octanol–water partition coefficient (Wildman–Crippen LogP) is 2.84. The van der Waals surface area contributed by atoms with Crippen LogP contribution in [0.5, 0.6) is 0 Å². The number of hydrogen-bond donors (Lipinski definition) is 0. The van der Waals surface area contributed by atoms with Crippen molar-refractivity contribution in [3.05, 3.63) is 53.7 Å². The molecule has 2 saturated heterocycles. The van der Waals surface area contributed by atoms with Gasteiger partial charge < -0.3 is 9.32 Å². The number of aromatic nitrogens is 1. The average Bonchev–Trinajstić information content (AvgIpc) is 3.21. The molecular formula is C22H28N4O3. The Labute approximate surface area is 171 Å². The van der Waals surface area contributed by atoms with E-state index < -0.39 is 5.54 Å². The number of amides is 3. The predicted molar refractivity (Wildman–Crippen MR) is 108 cm³/mol. The number of carbonyl (C=O) groups is 2. The lowest BCUT2D eigenvalue weighted by Crippen LogP contribution is -2.55. The molecule has 2 aromatic heterocycles. The molecule has 154 valence electrons. The van der Waals surface area contributed by atoms with E-state index >= 15 is 0 Å². The minimum Gasteiger partial charge on any atom is -0.465 e. The van der Waals surface area contributed by atoms with Crippen molar-refractivity contribution >= 4 is 11.9 Å². The molecule has 4 rings (SSSR count). The van der Waals surface area contributed by atoms with Gasteiger partial charge in [-0.15, -0.1) is 0 Å². The van der Waals surface area contributed by atoms with Crippen molar-refractivity contribution in [2.45, 2.75) is 44.7 Å². The zero-order valence-corrected chi connectivity index (χ0v) is 17.1. The van der Waals surface area contributed by atoms with Gasteiger partial charge in [0.2, 0.25) is 0 Å². The van der Waals surface area contributed by atoms with Gasteiger partial charge in [-0.1, -0.05) is 0 Å². The van der Waals surface area contributed by atoms with Crippen LogP contribution in [0, 0.1) is 6.92 Å². The maximum Gasteiger partial charge on any atom is 0.327 e. The fourth-order valence-electron chi connectivity index (χ4n) is 4.45. The van der Waals surface area contributed by atoms with E-state index in [1.807, 2.05) is 31.2 Å². The second kappa shape index (κ2) is 7.99. The lowest BCUT2D eigenvalue weighted by atomic mass is 9.86. The highest BCUT2D eigenvalue weighted by Crippen LogP contribution is 2.36. The van der Waals surface area contributed by atoms with E-state index in [0.717, 1.165) is 44.0 Å². The molecular weight excluding hydrogens is 368 g/mol. The van der Waals surface area contributed by atoms with Gasteiger partial charge in [0.15, 0.2) is 0 Å². The summed E-state index contributed by atoms with van der Waals surface area (Å²) in [4.78, 5) is 35.5. The number of piperidine rings is 1. The van der Waals surface area contributed by atoms with E-state index in [1.165, 1.54) is 10.5 Å². The summed E-state index contributed by atoms with van der Waals surface area (Å²) in [5.74, 6) is 1.82. The number of aryl methyl sites for hydroxylation is 2. The summed E-state index contributed by atoms with van der Waals surface area (Å²) in [6.07, 6.45) is 6.44. The van der Waals surface area contributed by atoms with E-state index in [4.69, 9.17) is 4.42 Å². The molecule has 7 nitrogen and oxygen atoms in total. The van der Waals surface area contributed by atoms with Crippen molar-refractivity contribution in [2.75, 3.05) is 26.7 Å². The summed E-state index contributed by atoms with van der Waals surface area (Å²) >= 11 is 0. The number of furan rings is 1. The standard InChI is InChI=1S/C22H28N4O3/c1-17-5-6-19(29-17)16-25-14-9-22(10-15-25)20(27)26(21(28)24(22)2)13-3-4-18-7-11-23-12-8-18/h5-8,11-12H,3-4,9-10,13-16H2,1-2H3. The number of pyridine rings is 1. The number of hydrogen-bond acceptors (Lipinski definition) is 5. The first kappa shape index (κ1) is 19.6. The Morgan fingerprint density at radius 2 is 1.83 bits per heavy atom. The van der Waals surface area contributed by atoms with Crippen LogP contribution in [0.1, 0.15) is 36.3 Å². The molecule has 0 atom stereocenters. The van der Waals surface area contributed by atoms with Crippen molar-refractivity contribution in [2.24, 2.45) is 0 Å². The number of urea groups is 1. The maximum atomic E-state index is 13.2. The van der Waals surface area contributed by atoms with Crippen LogP contribution in [0.4, 0.5) is 4.79 Å². The van der Waals surface area contributed by atoms with Gasteiger partial charge in [-0.25, -0.2) is 4.79 Å². The fraction of sp³-hybridized carbons (Fsp3) is 0.500. The zero-order chi connectivity index (χ0) is 20.4. The average molecular weight is 396 g/mol. The summed E-state index contributed by atoms with van der Waals surface area (Å²) in [5.41, 5.74) is 0.479. The topological polar surface area (TPSA) is 69.9 Å².